The molecule has 0 N–H and O–H groups in total. The lowest BCUT2D eigenvalue weighted by atomic mass is 10.0. The van der Waals surface area contributed by atoms with Crippen molar-refractivity contribution < 1.29 is 28.4 Å². The highest BCUT2D eigenvalue weighted by molar-refractivity contribution is 7.07. The van der Waals surface area contributed by atoms with Crippen LogP contribution in [0.2, 0.25) is 0 Å². The fraction of sp³-hybridized carbons (Fsp3) is 0.767. The second-order valence-electron chi connectivity index (χ2n) is 9.97. The van der Waals surface area contributed by atoms with Crippen molar-refractivity contribution >= 4 is 23.5 Å². The van der Waals surface area contributed by atoms with E-state index < -0.39 is 6.16 Å². The Kier molecular flexibility index (Phi) is 21.9. The first-order valence-electron chi connectivity index (χ1n) is 14.6. The minimum Gasteiger partial charge on any atom is -0.461 e. The third kappa shape index (κ3) is 21.9. The topological polar surface area (TPSA) is 65.7 Å². The summed E-state index contributed by atoms with van der Waals surface area (Å²) in [6.45, 7) is 7.49. The van der Waals surface area contributed by atoms with Gasteiger partial charge in [-0.15, -0.1) is 0 Å². The Morgan fingerprint density at radius 2 is 1.30 bits per heavy atom. The van der Waals surface area contributed by atoms with Crippen molar-refractivity contribution in [2.75, 3.05) is 19.8 Å². The summed E-state index contributed by atoms with van der Waals surface area (Å²) in [4.78, 5) is 23.6. The smallest absolute Gasteiger partial charge is 0.461 e. The molecule has 0 radical (unpaired) electrons. The van der Waals surface area contributed by atoms with Crippen molar-refractivity contribution in [1.82, 2.24) is 0 Å². The Labute approximate surface area is 229 Å². The van der Waals surface area contributed by atoms with Crippen molar-refractivity contribution in [3.63, 3.8) is 0 Å². The quantitative estimate of drug-likeness (QED) is 0.0542. The van der Waals surface area contributed by atoms with Gasteiger partial charge in [0.1, 0.15) is 19.8 Å². The molecule has 0 aliphatic heterocycles. The van der Waals surface area contributed by atoms with Crippen LogP contribution in [0, 0.1) is 0 Å². The lowest BCUT2D eigenvalue weighted by Crippen LogP contribution is -2.29. The molecule has 0 fully saturated rings. The summed E-state index contributed by atoms with van der Waals surface area (Å²) in [5, 5.41) is 2.05. The van der Waals surface area contributed by atoms with Crippen molar-refractivity contribution in [2.45, 2.75) is 129 Å². The molecule has 0 aliphatic rings. The number of hydrogen-bond acceptors (Lipinski definition) is 6. The molecule has 0 spiro atoms. The molecule has 1 rings (SSSR count). The van der Waals surface area contributed by atoms with Crippen LogP contribution in [0.1, 0.15) is 122 Å². The average molecular weight is 539 g/mol. The molecule has 37 heavy (non-hydrogen) atoms. The minimum absolute atomic E-state index is 0.00270. The van der Waals surface area contributed by atoms with Crippen LogP contribution in [0.25, 0.3) is 0 Å². The first-order valence-corrected chi connectivity index (χ1v) is 15.6. The van der Waals surface area contributed by atoms with E-state index in [-0.39, 0.29) is 19.2 Å². The monoisotopic (exact) mass is 538 g/mol. The number of carbonyl (C=O) groups excluding carboxylic acids is 2. The molecule has 1 aromatic rings. The number of ether oxygens (including phenoxy) is 3. The minimum atomic E-state index is -0.689. The van der Waals surface area contributed by atoms with Crippen molar-refractivity contribution in [2.24, 2.45) is 0 Å². The second-order valence-corrected chi connectivity index (χ2v) is 10.7. The van der Waals surface area contributed by atoms with Gasteiger partial charge < -0.3 is 14.2 Å². The standard InChI is InChI=1S/C30H52NO5S/c1-3-4-5-6-7-8-9-10-11-12-13-14-15-19-23-34-30(33)36-26-28(2)25-35-29(32)20-17-16-18-21-31-22-24-37-27-31/h22,24,27H,2-21,23,25-26H2,1H3/q+1. The molecule has 1 heterocycles. The number of unbranched alkanes of at least 4 members (excludes halogenated alkanes) is 15. The zero-order valence-corrected chi connectivity index (χ0v) is 24.2. The number of nitrogens with zero attached hydrogens (tertiary/aromatic N) is 1. The number of esters is 1. The van der Waals surface area contributed by atoms with Gasteiger partial charge in [-0.25, -0.2) is 4.79 Å². The molecule has 0 aliphatic carbocycles. The number of hydrogen-bond donors (Lipinski definition) is 0. The molecule has 0 saturated carbocycles. The maximum atomic E-state index is 11.8. The predicted molar refractivity (Wildman–Crippen MR) is 151 cm³/mol. The second kappa shape index (κ2) is 24.4. The van der Waals surface area contributed by atoms with E-state index in [2.05, 4.69) is 35.2 Å². The average Bonchev–Trinajstić information content (AvgIpc) is 3.42. The molecule has 0 aromatic carbocycles. The first kappa shape index (κ1) is 33.1. The van der Waals surface area contributed by atoms with Crippen LogP contribution in [0.3, 0.4) is 0 Å². The lowest BCUT2D eigenvalue weighted by molar-refractivity contribution is -0.692. The summed E-state index contributed by atoms with van der Waals surface area (Å²) in [7, 11) is 0. The van der Waals surface area contributed by atoms with Gasteiger partial charge in [0.05, 0.1) is 12.0 Å². The summed E-state index contributed by atoms with van der Waals surface area (Å²) in [5.41, 5.74) is 2.62. The molecule has 0 saturated heterocycles. The highest BCUT2D eigenvalue weighted by atomic mass is 32.1. The number of rotatable bonds is 25. The Balaban J connectivity index is 1.82. The van der Waals surface area contributed by atoms with Crippen LogP contribution >= 0.6 is 11.3 Å². The molecule has 6 nitrogen and oxygen atoms in total. The largest absolute Gasteiger partial charge is 0.508 e. The van der Waals surface area contributed by atoms with Gasteiger partial charge in [-0.1, -0.05) is 108 Å². The van der Waals surface area contributed by atoms with Crippen LogP contribution in [-0.4, -0.2) is 31.9 Å². The van der Waals surface area contributed by atoms with Gasteiger partial charge in [-0.2, -0.15) is 4.57 Å². The third-order valence-electron chi connectivity index (χ3n) is 6.37. The van der Waals surface area contributed by atoms with Crippen molar-refractivity contribution in [3.05, 3.63) is 29.2 Å². The zero-order valence-electron chi connectivity index (χ0n) is 23.4. The van der Waals surface area contributed by atoms with E-state index in [1.165, 1.54) is 77.0 Å². The van der Waals surface area contributed by atoms with E-state index in [1.54, 1.807) is 11.3 Å². The maximum absolute atomic E-state index is 11.8. The Morgan fingerprint density at radius 1 is 0.730 bits per heavy atom. The number of thiazole rings is 1. The molecular formula is C30H52NO5S+. The Bertz CT molecular complexity index is 692. The van der Waals surface area contributed by atoms with Gasteiger partial charge >= 0.3 is 12.1 Å². The van der Waals surface area contributed by atoms with Gasteiger partial charge in [0.15, 0.2) is 6.20 Å². The molecule has 0 amide bonds. The fourth-order valence-electron chi connectivity index (χ4n) is 4.08. The van der Waals surface area contributed by atoms with Crippen molar-refractivity contribution in [3.8, 4) is 0 Å². The summed E-state index contributed by atoms with van der Waals surface area (Å²) in [6.07, 6.45) is 22.7. The van der Waals surface area contributed by atoms with E-state index in [1.807, 2.05) is 0 Å². The van der Waals surface area contributed by atoms with E-state index in [0.29, 0.717) is 18.6 Å². The summed E-state index contributed by atoms with van der Waals surface area (Å²) < 4.78 is 17.5. The fourth-order valence-corrected chi connectivity index (χ4v) is 4.71. The molecule has 0 unspecified atom stereocenters. The Hall–Kier alpha value is -1.89. The third-order valence-corrected chi connectivity index (χ3v) is 7.04. The Morgan fingerprint density at radius 3 is 1.89 bits per heavy atom. The molecule has 7 heteroatoms. The first-order chi connectivity index (χ1) is 18.1. The van der Waals surface area contributed by atoms with Gasteiger partial charge in [0, 0.05) is 12.8 Å². The van der Waals surface area contributed by atoms with Crippen LogP contribution < -0.4 is 4.57 Å². The van der Waals surface area contributed by atoms with E-state index in [9.17, 15) is 9.59 Å². The van der Waals surface area contributed by atoms with E-state index in [4.69, 9.17) is 14.2 Å². The normalized spacial score (nSPS) is 10.8. The molecule has 0 bridgehead atoms. The molecular weight excluding hydrogens is 486 g/mol. The zero-order chi connectivity index (χ0) is 26.8. The number of carbonyl (C=O) groups is 2. The summed E-state index contributed by atoms with van der Waals surface area (Å²) in [5.74, 6) is -0.246. The van der Waals surface area contributed by atoms with Gasteiger partial charge in [-0.3, -0.25) is 4.79 Å². The highest BCUT2D eigenvalue weighted by Gasteiger charge is 2.08. The highest BCUT2D eigenvalue weighted by Crippen LogP contribution is 2.13. The number of aryl methyl sites for hydroxylation is 1. The van der Waals surface area contributed by atoms with Gasteiger partial charge in [0.25, 0.3) is 0 Å². The SMILES string of the molecule is C=C(COC(=O)CCCCC[n+]1ccsc1)COC(=O)OCCCCCCCCCCCCCCCC. The molecule has 1 aromatic heterocycles. The predicted octanol–water partition coefficient (Wildman–Crippen LogP) is 8.33. The summed E-state index contributed by atoms with van der Waals surface area (Å²) in [6, 6.07) is 0. The van der Waals surface area contributed by atoms with Gasteiger partial charge in [-0.05, 0) is 24.8 Å². The number of aromatic nitrogens is 1. The van der Waals surface area contributed by atoms with Gasteiger partial charge in [0.2, 0.25) is 5.51 Å². The van der Waals surface area contributed by atoms with Crippen LogP contribution in [0.15, 0.2) is 29.2 Å². The van der Waals surface area contributed by atoms with E-state index in [0.717, 1.165) is 38.6 Å². The molecule has 0 atom stereocenters. The summed E-state index contributed by atoms with van der Waals surface area (Å²) >= 11 is 1.68. The van der Waals surface area contributed by atoms with Crippen LogP contribution in [-0.2, 0) is 25.5 Å². The van der Waals surface area contributed by atoms with Crippen molar-refractivity contribution in [1.29, 1.82) is 0 Å². The lowest BCUT2D eigenvalue weighted by Gasteiger charge is -2.09. The van der Waals surface area contributed by atoms with E-state index >= 15 is 0 Å². The maximum Gasteiger partial charge on any atom is 0.508 e. The molecule has 212 valence electrons. The van der Waals surface area contributed by atoms with Crippen LogP contribution in [0.4, 0.5) is 4.79 Å². The van der Waals surface area contributed by atoms with Crippen LogP contribution in [0.5, 0.6) is 0 Å².